The Morgan fingerprint density at radius 3 is 2.57 bits per heavy atom. The molecule has 3 rings (SSSR count). The van der Waals surface area contributed by atoms with Crippen molar-refractivity contribution >= 4 is 0 Å². The van der Waals surface area contributed by atoms with Gasteiger partial charge in [0.2, 0.25) is 0 Å². The van der Waals surface area contributed by atoms with E-state index >= 15 is 0 Å². The third-order valence-corrected chi connectivity index (χ3v) is 5.99. The molecule has 2 aromatic carbocycles. The highest BCUT2D eigenvalue weighted by atomic mass is 16.5. The predicted molar refractivity (Wildman–Crippen MR) is 122 cm³/mol. The third-order valence-electron chi connectivity index (χ3n) is 5.99. The Kier molecular flexibility index (Phi) is 8.32. The molecule has 1 aliphatic rings. The van der Waals surface area contributed by atoms with Crippen molar-refractivity contribution in [3.05, 3.63) is 64.7 Å². The minimum atomic E-state index is -0.554. The Labute approximate surface area is 181 Å². The van der Waals surface area contributed by atoms with Crippen LogP contribution in [0.1, 0.15) is 54.9 Å². The van der Waals surface area contributed by atoms with Crippen LogP contribution in [0.15, 0.2) is 42.5 Å². The Morgan fingerprint density at radius 1 is 1.13 bits per heavy atom. The number of hydrogen-bond acceptors (Lipinski definition) is 4. The van der Waals surface area contributed by atoms with Gasteiger partial charge < -0.3 is 14.6 Å². The molecule has 2 aromatic rings. The van der Waals surface area contributed by atoms with Crippen LogP contribution in [-0.4, -0.2) is 48.5 Å². The number of aliphatic hydroxyl groups is 1. The van der Waals surface area contributed by atoms with Crippen molar-refractivity contribution in [2.45, 2.75) is 65.2 Å². The molecule has 0 saturated carbocycles. The van der Waals surface area contributed by atoms with Crippen molar-refractivity contribution in [2.24, 2.45) is 0 Å². The molecular weight excluding hydrogens is 374 g/mol. The number of ether oxygens (including phenoxy) is 2. The van der Waals surface area contributed by atoms with E-state index in [-0.39, 0.29) is 6.10 Å². The predicted octanol–water partition coefficient (Wildman–Crippen LogP) is 4.85. The molecule has 1 heterocycles. The average molecular weight is 412 g/mol. The molecule has 1 N–H and O–H groups in total. The van der Waals surface area contributed by atoms with E-state index in [2.05, 4.69) is 62.9 Å². The third kappa shape index (κ3) is 6.56. The van der Waals surface area contributed by atoms with Crippen molar-refractivity contribution in [2.75, 3.05) is 26.3 Å². The summed E-state index contributed by atoms with van der Waals surface area (Å²) in [5.74, 6) is 1.38. The van der Waals surface area contributed by atoms with Crippen LogP contribution in [0.3, 0.4) is 0 Å². The number of aryl methyl sites for hydroxylation is 1. The molecule has 0 amide bonds. The van der Waals surface area contributed by atoms with Gasteiger partial charge in [-0.2, -0.15) is 0 Å². The molecule has 30 heavy (non-hydrogen) atoms. The Morgan fingerprint density at radius 2 is 1.90 bits per heavy atom. The monoisotopic (exact) mass is 411 g/mol. The van der Waals surface area contributed by atoms with Crippen LogP contribution in [0.5, 0.6) is 5.75 Å². The standard InChI is InChI=1S/C26H37NO3/c1-19(2)23-12-10-22(11-13-23)15-27(17-25-8-6-14-29-25)16-24(28)18-30-26-9-5-7-20(3)21(26)4/h5,7,9-13,19,24-25,28H,6,8,14-18H2,1-4H3. The number of hydrogen-bond donors (Lipinski definition) is 1. The molecule has 0 bridgehead atoms. The van der Waals surface area contributed by atoms with Gasteiger partial charge >= 0.3 is 0 Å². The lowest BCUT2D eigenvalue weighted by Gasteiger charge is -2.28. The van der Waals surface area contributed by atoms with Gasteiger partial charge in [0, 0.05) is 26.2 Å². The smallest absolute Gasteiger partial charge is 0.122 e. The highest BCUT2D eigenvalue weighted by Gasteiger charge is 2.21. The van der Waals surface area contributed by atoms with Gasteiger partial charge in [-0.15, -0.1) is 0 Å². The zero-order valence-corrected chi connectivity index (χ0v) is 18.9. The van der Waals surface area contributed by atoms with Gasteiger partial charge in [0.1, 0.15) is 18.5 Å². The summed E-state index contributed by atoms with van der Waals surface area (Å²) in [6.07, 6.45) is 1.92. The molecule has 0 radical (unpaired) electrons. The zero-order chi connectivity index (χ0) is 21.5. The molecule has 164 valence electrons. The first-order chi connectivity index (χ1) is 14.4. The van der Waals surface area contributed by atoms with E-state index in [1.54, 1.807) is 0 Å². The Bertz CT molecular complexity index is 781. The van der Waals surface area contributed by atoms with Crippen LogP contribution in [0.2, 0.25) is 0 Å². The number of benzene rings is 2. The lowest BCUT2D eigenvalue weighted by Crippen LogP contribution is -2.39. The van der Waals surface area contributed by atoms with Crippen LogP contribution in [-0.2, 0) is 11.3 Å². The summed E-state index contributed by atoms with van der Waals surface area (Å²) in [7, 11) is 0. The molecule has 4 nitrogen and oxygen atoms in total. The van der Waals surface area contributed by atoms with Crippen LogP contribution in [0, 0.1) is 13.8 Å². The van der Waals surface area contributed by atoms with Crippen molar-refractivity contribution in [1.29, 1.82) is 0 Å². The van der Waals surface area contributed by atoms with Gasteiger partial charge in [-0.05, 0) is 60.9 Å². The topological polar surface area (TPSA) is 41.9 Å². The molecule has 0 aromatic heterocycles. The van der Waals surface area contributed by atoms with Gasteiger partial charge in [-0.3, -0.25) is 4.90 Å². The van der Waals surface area contributed by atoms with E-state index in [0.717, 1.165) is 43.9 Å². The van der Waals surface area contributed by atoms with Gasteiger partial charge in [0.25, 0.3) is 0 Å². The minimum Gasteiger partial charge on any atom is -0.491 e. The van der Waals surface area contributed by atoms with Gasteiger partial charge in [0.15, 0.2) is 0 Å². The normalized spacial score (nSPS) is 17.6. The first kappa shape index (κ1) is 22.8. The maximum absolute atomic E-state index is 10.7. The Balaban J connectivity index is 1.60. The lowest BCUT2D eigenvalue weighted by molar-refractivity contribution is 0.0312. The summed E-state index contributed by atoms with van der Waals surface area (Å²) in [4.78, 5) is 2.30. The summed E-state index contributed by atoms with van der Waals surface area (Å²) in [6, 6.07) is 14.9. The van der Waals surface area contributed by atoms with E-state index in [0.29, 0.717) is 19.1 Å². The van der Waals surface area contributed by atoms with E-state index in [9.17, 15) is 5.11 Å². The summed E-state index contributed by atoms with van der Waals surface area (Å²) in [5.41, 5.74) is 4.95. The fraction of sp³-hybridized carbons (Fsp3) is 0.538. The number of aliphatic hydroxyl groups excluding tert-OH is 1. The molecule has 0 spiro atoms. The number of rotatable bonds is 10. The fourth-order valence-corrected chi connectivity index (χ4v) is 3.96. The first-order valence-electron chi connectivity index (χ1n) is 11.2. The van der Waals surface area contributed by atoms with E-state index < -0.39 is 6.10 Å². The van der Waals surface area contributed by atoms with E-state index in [1.807, 2.05) is 12.1 Å². The van der Waals surface area contributed by atoms with Crippen LogP contribution in [0.25, 0.3) is 0 Å². The van der Waals surface area contributed by atoms with Gasteiger partial charge in [-0.25, -0.2) is 0 Å². The van der Waals surface area contributed by atoms with Crippen molar-refractivity contribution < 1.29 is 14.6 Å². The maximum Gasteiger partial charge on any atom is 0.122 e. The van der Waals surface area contributed by atoms with Crippen LogP contribution >= 0.6 is 0 Å². The van der Waals surface area contributed by atoms with Gasteiger partial charge in [0.05, 0.1) is 6.10 Å². The number of nitrogens with zero attached hydrogens (tertiary/aromatic N) is 1. The molecule has 2 unspecified atom stereocenters. The van der Waals surface area contributed by atoms with E-state index in [4.69, 9.17) is 9.47 Å². The molecule has 4 heteroatoms. The van der Waals surface area contributed by atoms with Crippen molar-refractivity contribution in [3.8, 4) is 5.75 Å². The zero-order valence-electron chi connectivity index (χ0n) is 18.9. The summed E-state index contributed by atoms with van der Waals surface area (Å²) < 4.78 is 11.8. The largest absolute Gasteiger partial charge is 0.491 e. The molecule has 0 aliphatic carbocycles. The molecule has 2 atom stereocenters. The second kappa shape index (κ2) is 10.9. The van der Waals surface area contributed by atoms with Crippen LogP contribution < -0.4 is 4.74 Å². The quantitative estimate of drug-likeness (QED) is 0.607. The Hall–Kier alpha value is -1.88. The van der Waals surface area contributed by atoms with Crippen molar-refractivity contribution in [1.82, 2.24) is 4.90 Å². The average Bonchev–Trinajstić information content (AvgIpc) is 3.22. The first-order valence-corrected chi connectivity index (χ1v) is 11.2. The second-order valence-corrected chi connectivity index (χ2v) is 8.89. The highest BCUT2D eigenvalue weighted by molar-refractivity contribution is 5.38. The van der Waals surface area contributed by atoms with Gasteiger partial charge in [-0.1, -0.05) is 50.2 Å². The highest BCUT2D eigenvalue weighted by Crippen LogP contribution is 2.21. The molecular formula is C26H37NO3. The lowest BCUT2D eigenvalue weighted by atomic mass is 10.0. The SMILES string of the molecule is Cc1cccc(OCC(O)CN(Cc2ccc(C(C)C)cc2)CC2CCCO2)c1C. The molecule has 1 saturated heterocycles. The molecule has 1 fully saturated rings. The summed E-state index contributed by atoms with van der Waals surface area (Å²) >= 11 is 0. The van der Waals surface area contributed by atoms with Crippen molar-refractivity contribution in [3.63, 3.8) is 0 Å². The summed E-state index contributed by atoms with van der Waals surface area (Å²) in [6.45, 7) is 11.9. The maximum atomic E-state index is 10.7. The summed E-state index contributed by atoms with van der Waals surface area (Å²) in [5, 5.41) is 10.7. The second-order valence-electron chi connectivity index (χ2n) is 8.89. The minimum absolute atomic E-state index is 0.257. The van der Waals surface area contributed by atoms with E-state index in [1.165, 1.54) is 16.7 Å². The van der Waals surface area contributed by atoms with Crippen LogP contribution in [0.4, 0.5) is 0 Å². The molecule has 1 aliphatic heterocycles. The fourth-order valence-electron chi connectivity index (χ4n) is 3.96.